The maximum absolute atomic E-state index is 5.73. The zero-order valence-corrected chi connectivity index (χ0v) is 8.75. The van der Waals surface area contributed by atoms with Crippen molar-refractivity contribution in [3.05, 3.63) is 18.0 Å². The summed E-state index contributed by atoms with van der Waals surface area (Å²) in [6.07, 6.45) is 0. The zero-order valence-electron chi connectivity index (χ0n) is 7.99. The fourth-order valence-electron chi connectivity index (χ4n) is 1.33. The number of imidazole rings is 1. The van der Waals surface area contributed by atoms with Crippen molar-refractivity contribution >= 4 is 22.8 Å². The van der Waals surface area contributed by atoms with E-state index in [2.05, 4.69) is 9.97 Å². The summed E-state index contributed by atoms with van der Waals surface area (Å²) >= 11 is 5.73. The Bertz CT molecular complexity index is 466. The minimum Gasteiger partial charge on any atom is -0.481 e. The maximum Gasteiger partial charge on any atom is 0.215 e. The molecule has 0 saturated heterocycles. The molecule has 0 aromatic carbocycles. The van der Waals surface area contributed by atoms with Crippen LogP contribution in [0.2, 0.25) is 0 Å². The van der Waals surface area contributed by atoms with Crippen molar-refractivity contribution < 1.29 is 4.74 Å². The molecule has 0 fully saturated rings. The standard InChI is InChI=1S/C9H10ClN3O/c1-13-7(5-10)11-6-3-4-8(14-2)12-9(6)13/h3-4H,5H2,1-2H3. The van der Waals surface area contributed by atoms with Gasteiger partial charge in [-0.2, -0.15) is 4.98 Å². The second kappa shape index (κ2) is 3.46. The van der Waals surface area contributed by atoms with E-state index in [1.165, 1.54) is 0 Å². The Hall–Kier alpha value is -1.29. The van der Waals surface area contributed by atoms with Crippen LogP contribution >= 0.6 is 11.6 Å². The maximum atomic E-state index is 5.73. The lowest BCUT2D eigenvalue weighted by Gasteiger charge is -1.99. The Balaban J connectivity index is 2.68. The van der Waals surface area contributed by atoms with E-state index in [0.29, 0.717) is 11.8 Å². The number of methoxy groups -OCH3 is 1. The average Bonchev–Trinajstić information content (AvgIpc) is 2.55. The summed E-state index contributed by atoms with van der Waals surface area (Å²) in [6.45, 7) is 0. The van der Waals surface area contributed by atoms with Crippen molar-refractivity contribution in [3.8, 4) is 5.88 Å². The number of rotatable bonds is 2. The zero-order chi connectivity index (χ0) is 10.1. The van der Waals surface area contributed by atoms with E-state index in [0.717, 1.165) is 17.0 Å². The third-order valence-electron chi connectivity index (χ3n) is 2.11. The highest BCUT2D eigenvalue weighted by molar-refractivity contribution is 6.16. The summed E-state index contributed by atoms with van der Waals surface area (Å²) in [5.74, 6) is 1.78. The molecule has 2 rings (SSSR count). The monoisotopic (exact) mass is 211 g/mol. The molecular formula is C9H10ClN3O. The number of aromatic nitrogens is 3. The Morgan fingerprint density at radius 3 is 2.86 bits per heavy atom. The van der Waals surface area contributed by atoms with Gasteiger partial charge in [0, 0.05) is 13.1 Å². The van der Waals surface area contributed by atoms with Gasteiger partial charge < -0.3 is 9.30 Å². The van der Waals surface area contributed by atoms with Crippen LogP contribution in [0.4, 0.5) is 0 Å². The minimum atomic E-state index is 0.384. The number of aryl methyl sites for hydroxylation is 1. The van der Waals surface area contributed by atoms with Crippen LogP contribution < -0.4 is 4.74 Å². The molecule has 14 heavy (non-hydrogen) atoms. The van der Waals surface area contributed by atoms with Gasteiger partial charge in [-0.05, 0) is 6.07 Å². The van der Waals surface area contributed by atoms with Gasteiger partial charge in [0.1, 0.15) is 11.3 Å². The second-order valence-electron chi connectivity index (χ2n) is 2.92. The van der Waals surface area contributed by atoms with Crippen LogP contribution in [0.15, 0.2) is 12.1 Å². The van der Waals surface area contributed by atoms with E-state index >= 15 is 0 Å². The van der Waals surface area contributed by atoms with Crippen molar-refractivity contribution in [2.24, 2.45) is 7.05 Å². The summed E-state index contributed by atoms with van der Waals surface area (Å²) in [5, 5.41) is 0. The van der Waals surface area contributed by atoms with Gasteiger partial charge in [-0.1, -0.05) is 0 Å². The third-order valence-corrected chi connectivity index (χ3v) is 2.35. The Kier molecular flexibility index (Phi) is 2.29. The van der Waals surface area contributed by atoms with Crippen LogP contribution in [-0.2, 0) is 12.9 Å². The number of hydrogen-bond donors (Lipinski definition) is 0. The van der Waals surface area contributed by atoms with Crippen molar-refractivity contribution in [3.63, 3.8) is 0 Å². The van der Waals surface area contributed by atoms with Gasteiger partial charge in [-0.3, -0.25) is 0 Å². The molecule has 0 N–H and O–H groups in total. The van der Waals surface area contributed by atoms with Gasteiger partial charge in [-0.25, -0.2) is 4.98 Å². The van der Waals surface area contributed by atoms with Crippen LogP contribution in [0, 0.1) is 0 Å². The second-order valence-corrected chi connectivity index (χ2v) is 3.18. The normalized spacial score (nSPS) is 10.8. The fourth-order valence-corrected chi connectivity index (χ4v) is 1.57. The molecule has 0 aliphatic rings. The van der Waals surface area contributed by atoms with Crippen molar-refractivity contribution in [1.29, 1.82) is 0 Å². The Labute approximate surface area is 86.5 Å². The Morgan fingerprint density at radius 1 is 1.43 bits per heavy atom. The number of ether oxygens (including phenoxy) is 1. The molecule has 0 amide bonds. The smallest absolute Gasteiger partial charge is 0.215 e. The first-order chi connectivity index (χ1) is 6.76. The van der Waals surface area contributed by atoms with Crippen LogP contribution in [-0.4, -0.2) is 21.6 Å². The molecule has 0 unspecified atom stereocenters. The van der Waals surface area contributed by atoms with E-state index in [1.807, 2.05) is 17.7 Å². The summed E-state index contributed by atoms with van der Waals surface area (Å²) < 4.78 is 6.90. The predicted octanol–water partition coefficient (Wildman–Crippen LogP) is 1.72. The first-order valence-corrected chi connectivity index (χ1v) is 4.72. The predicted molar refractivity (Wildman–Crippen MR) is 54.6 cm³/mol. The lowest BCUT2D eigenvalue weighted by Crippen LogP contribution is -1.96. The highest BCUT2D eigenvalue weighted by Crippen LogP contribution is 2.17. The number of nitrogens with zero attached hydrogens (tertiary/aromatic N) is 3. The summed E-state index contributed by atoms with van der Waals surface area (Å²) in [6, 6.07) is 3.66. The topological polar surface area (TPSA) is 39.9 Å². The molecule has 5 heteroatoms. The van der Waals surface area contributed by atoms with Gasteiger partial charge in [-0.15, -0.1) is 11.6 Å². The highest BCUT2D eigenvalue weighted by atomic mass is 35.5. The highest BCUT2D eigenvalue weighted by Gasteiger charge is 2.08. The number of hydrogen-bond acceptors (Lipinski definition) is 3. The van der Waals surface area contributed by atoms with Crippen LogP contribution in [0.1, 0.15) is 5.82 Å². The van der Waals surface area contributed by atoms with E-state index in [9.17, 15) is 0 Å². The van der Waals surface area contributed by atoms with Gasteiger partial charge in [0.25, 0.3) is 0 Å². The molecule has 2 aromatic heterocycles. The summed E-state index contributed by atoms with van der Waals surface area (Å²) in [7, 11) is 3.48. The lowest BCUT2D eigenvalue weighted by atomic mass is 10.4. The molecule has 0 bridgehead atoms. The first kappa shape index (κ1) is 9.27. The van der Waals surface area contributed by atoms with Crippen molar-refractivity contribution in [2.75, 3.05) is 7.11 Å². The molecule has 4 nitrogen and oxygen atoms in total. The van der Waals surface area contributed by atoms with Gasteiger partial charge >= 0.3 is 0 Å². The molecule has 0 atom stereocenters. The molecule has 2 heterocycles. The van der Waals surface area contributed by atoms with E-state index in [4.69, 9.17) is 16.3 Å². The SMILES string of the molecule is COc1ccc2nc(CCl)n(C)c2n1. The van der Waals surface area contributed by atoms with Crippen LogP contribution in [0.25, 0.3) is 11.2 Å². The Morgan fingerprint density at radius 2 is 2.21 bits per heavy atom. The van der Waals surface area contributed by atoms with Gasteiger partial charge in [0.2, 0.25) is 5.88 Å². The molecule has 0 aliphatic heterocycles. The summed E-state index contributed by atoms with van der Waals surface area (Å²) in [5.41, 5.74) is 1.63. The van der Waals surface area contributed by atoms with E-state index in [-0.39, 0.29) is 0 Å². The van der Waals surface area contributed by atoms with Crippen molar-refractivity contribution in [2.45, 2.75) is 5.88 Å². The fraction of sp³-hybridized carbons (Fsp3) is 0.333. The molecule has 0 aliphatic carbocycles. The number of fused-ring (bicyclic) bond motifs is 1. The molecule has 0 radical (unpaired) electrons. The third kappa shape index (κ3) is 1.32. The van der Waals surface area contributed by atoms with Gasteiger partial charge in [0.05, 0.1) is 13.0 Å². The molecular weight excluding hydrogens is 202 g/mol. The van der Waals surface area contributed by atoms with Crippen molar-refractivity contribution in [1.82, 2.24) is 14.5 Å². The average molecular weight is 212 g/mol. The molecule has 0 spiro atoms. The number of pyridine rings is 1. The molecule has 0 saturated carbocycles. The minimum absolute atomic E-state index is 0.384. The van der Waals surface area contributed by atoms with Gasteiger partial charge in [0.15, 0.2) is 5.65 Å². The van der Waals surface area contributed by atoms with E-state index in [1.54, 1.807) is 13.2 Å². The first-order valence-electron chi connectivity index (χ1n) is 4.18. The van der Waals surface area contributed by atoms with E-state index < -0.39 is 0 Å². The number of alkyl halides is 1. The summed E-state index contributed by atoms with van der Waals surface area (Å²) in [4.78, 5) is 8.60. The molecule has 2 aromatic rings. The molecule has 74 valence electrons. The largest absolute Gasteiger partial charge is 0.481 e. The lowest BCUT2D eigenvalue weighted by molar-refractivity contribution is 0.399. The van der Waals surface area contributed by atoms with Crippen LogP contribution in [0.5, 0.6) is 5.88 Å². The number of halogens is 1. The quantitative estimate of drug-likeness (QED) is 0.711. The van der Waals surface area contributed by atoms with Crippen LogP contribution in [0.3, 0.4) is 0 Å².